The van der Waals surface area contributed by atoms with E-state index in [0.717, 1.165) is 5.56 Å². The highest BCUT2D eigenvalue weighted by molar-refractivity contribution is 6.06. The maximum absolute atomic E-state index is 14.2. The van der Waals surface area contributed by atoms with Crippen molar-refractivity contribution in [2.75, 3.05) is 16.8 Å². The molecular weight excluding hydrogens is 337 g/mol. The average Bonchev–Trinajstić information content (AvgIpc) is 3.21. The van der Waals surface area contributed by atoms with Gasteiger partial charge in [-0.2, -0.15) is 5.10 Å². The minimum atomic E-state index is -0.552. The summed E-state index contributed by atoms with van der Waals surface area (Å²) in [6, 6.07) is 8.11. The Morgan fingerprint density at radius 2 is 2.19 bits per heavy atom. The summed E-state index contributed by atoms with van der Waals surface area (Å²) in [6.07, 6.45) is 1.70. The zero-order chi connectivity index (χ0) is 18.3. The largest absolute Gasteiger partial charge is 0.310 e. The molecule has 1 aromatic carbocycles. The van der Waals surface area contributed by atoms with Crippen molar-refractivity contribution >= 4 is 34.4 Å². The lowest BCUT2D eigenvalue weighted by molar-refractivity contribution is -0.122. The maximum atomic E-state index is 14.2. The molecule has 1 unspecified atom stereocenters. The summed E-state index contributed by atoms with van der Waals surface area (Å²) in [5.41, 5.74) is 1.49. The predicted molar refractivity (Wildman–Crippen MR) is 94.1 cm³/mol. The number of nitrogens with one attached hydrogen (secondary N) is 2. The molecule has 8 heteroatoms. The fourth-order valence-corrected chi connectivity index (χ4v) is 3.07. The molecule has 0 saturated carbocycles. The number of amides is 2. The lowest BCUT2D eigenvalue weighted by Crippen LogP contribution is -2.28. The van der Waals surface area contributed by atoms with Gasteiger partial charge in [0.05, 0.1) is 16.8 Å². The van der Waals surface area contributed by atoms with Crippen molar-refractivity contribution in [2.24, 2.45) is 5.92 Å². The maximum Gasteiger partial charge on any atom is 0.230 e. The number of aryl methyl sites for hydroxylation is 1. The van der Waals surface area contributed by atoms with Crippen LogP contribution in [0.3, 0.4) is 0 Å². The Bertz CT molecular complexity index is 998. The van der Waals surface area contributed by atoms with Crippen molar-refractivity contribution in [1.29, 1.82) is 0 Å². The number of H-pyrrole nitrogens is 1. The van der Waals surface area contributed by atoms with Gasteiger partial charge in [-0.3, -0.25) is 19.6 Å². The van der Waals surface area contributed by atoms with Gasteiger partial charge in [0, 0.05) is 19.2 Å². The minimum Gasteiger partial charge on any atom is -0.310 e. The minimum absolute atomic E-state index is 0.0422. The van der Waals surface area contributed by atoms with Gasteiger partial charge in [0.15, 0.2) is 5.82 Å². The van der Waals surface area contributed by atoms with Crippen LogP contribution in [0.4, 0.5) is 16.0 Å². The molecule has 2 amide bonds. The van der Waals surface area contributed by atoms with E-state index >= 15 is 0 Å². The molecule has 1 atom stereocenters. The SMILES string of the molecule is Cc1ccc(NC(=O)C2CC(=O)N(c3n[nH]c4cccc(F)c34)C2)nc1. The summed E-state index contributed by atoms with van der Waals surface area (Å²) in [6.45, 7) is 2.05. The molecule has 0 spiro atoms. The van der Waals surface area contributed by atoms with Crippen LogP contribution in [0, 0.1) is 18.7 Å². The Kier molecular flexibility index (Phi) is 3.87. The molecule has 1 fully saturated rings. The van der Waals surface area contributed by atoms with Crippen molar-refractivity contribution in [3.05, 3.63) is 47.9 Å². The molecule has 1 saturated heterocycles. The molecule has 3 aromatic rings. The van der Waals surface area contributed by atoms with Crippen LogP contribution in [0.25, 0.3) is 10.9 Å². The average molecular weight is 353 g/mol. The number of hydrogen-bond donors (Lipinski definition) is 2. The zero-order valence-corrected chi connectivity index (χ0v) is 14.0. The number of hydrogen-bond acceptors (Lipinski definition) is 4. The molecule has 0 radical (unpaired) electrons. The fourth-order valence-electron chi connectivity index (χ4n) is 3.07. The Morgan fingerprint density at radius 1 is 1.35 bits per heavy atom. The lowest BCUT2D eigenvalue weighted by Gasteiger charge is -2.14. The van der Waals surface area contributed by atoms with E-state index in [-0.39, 0.29) is 36.0 Å². The Labute approximate surface area is 148 Å². The number of benzene rings is 1. The Morgan fingerprint density at radius 3 is 2.96 bits per heavy atom. The first-order chi connectivity index (χ1) is 12.5. The number of halogens is 1. The topological polar surface area (TPSA) is 91.0 Å². The van der Waals surface area contributed by atoms with Crippen LogP contribution in [0.15, 0.2) is 36.5 Å². The van der Waals surface area contributed by atoms with Gasteiger partial charge in [0.1, 0.15) is 11.6 Å². The molecule has 1 aliphatic rings. The van der Waals surface area contributed by atoms with Gasteiger partial charge in [0.25, 0.3) is 0 Å². The first kappa shape index (κ1) is 16.2. The summed E-state index contributed by atoms with van der Waals surface area (Å²) in [4.78, 5) is 30.3. The summed E-state index contributed by atoms with van der Waals surface area (Å²) < 4.78 is 14.2. The molecule has 26 heavy (non-hydrogen) atoms. The highest BCUT2D eigenvalue weighted by atomic mass is 19.1. The van der Waals surface area contributed by atoms with Gasteiger partial charge < -0.3 is 5.32 Å². The van der Waals surface area contributed by atoms with E-state index < -0.39 is 11.7 Å². The summed E-state index contributed by atoms with van der Waals surface area (Å²) in [5.74, 6) is -0.925. The van der Waals surface area contributed by atoms with E-state index in [1.54, 1.807) is 24.4 Å². The number of carbonyl (C=O) groups excluding carboxylic acids is 2. The van der Waals surface area contributed by atoms with Gasteiger partial charge >= 0.3 is 0 Å². The van der Waals surface area contributed by atoms with E-state index in [4.69, 9.17) is 0 Å². The normalized spacial score (nSPS) is 17.1. The van der Waals surface area contributed by atoms with Gasteiger partial charge in [-0.25, -0.2) is 9.37 Å². The van der Waals surface area contributed by atoms with Crippen LogP contribution in [0.1, 0.15) is 12.0 Å². The second kappa shape index (κ2) is 6.21. The molecule has 7 nitrogen and oxygen atoms in total. The molecule has 1 aliphatic heterocycles. The lowest BCUT2D eigenvalue weighted by atomic mass is 10.1. The standard InChI is InChI=1S/C18H16FN5O2/c1-10-5-6-14(20-8-10)21-18(26)11-7-15(25)24(9-11)17-16-12(19)3-2-4-13(16)22-23-17/h2-6,8,11H,7,9H2,1H3,(H,22,23)(H,20,21,26). The number of carbonyl (C=O) groups is 2. The van der Waals surface area contributed by atoms with Crippen molar-refractivity contribution in [1.82, 2.24) is 15.2 Å². The number of nitrogens with zero attached hydrogens (tertiary/aromatic N) is 3. The molecule has 2 aromatic heterocycles. The number of anilines is 2. The number of aromatic nitrogens is 3. The van der Waals surface area contributed by atoms with Gasteiger partial charge in [-0.05, 0) is 30.7 Å². The monoisotopic (exact) mass is 353 g/mol. The third-order valence-electron chi connectivity index (χ3n) is 4.43. The van der Waals surface area contributed by atoms with Gasteiger partial charge in [-0.1, -0.05) is 12.1 Å². The summed E-state index contributed by atoms with van der Waals surface area (Å²) in [7, 11) is 0. The number of rotatable bonds is 3. The Hall–Kier alpha value is -3.29. The highest BCUT2D eigenvalue weighted by Crippen LogP contribution is 2.31. The fraction of sp³-hybridized carbons (Fsp3) is 0.222. The van der Waals surface area contributed by atoms with Crippen LogP contribution in [0.2, 0.25) is 0 Å². The quantitative estimate of drug-likeness (QED) is 0.756. The van der Waals surface area contributed by atoms with Crippen LogP contribution in [0.5, 0.6) is 0 Å². The van der Waals surface area contributed by atoms with E-state index in [0.29, 0.717) is 11.3 Å². The third-order valence-corrected chi connectivity index (χ3v) is 4.43. The first-order valence-electron chi connectivity index (χ1n) is 8.19. The summed E-state index contributed by atoms with van der Waals surface area (Å²) in [5, 5.41) is 9.76. The summed E-state index contributed by atoms with van der Waals surface area (Å²) >= 11 is 0. The van der Waals surface area contributed by atoms with E-state index in [1.807, 2.05) is 13.0 Å². The van der Waals surface area contributed by atoms with E-state index in [1.165, 1.54) is 11.0 Å². The molecule has 4 rings (SSSR count). The van der Waals surface area contributed by atoms with Crippen molar-refractivity contribution in [3.63, 3.8) is 0 Å². The van der Waals surface area contributed by atoms with Crippen LogP contribution in [-0.2, 0) is 9.59 Å². The number of aromatic amines is 1. The predicted octanol–water partition coefficient (Wildman–Crippen LogP) is 2.40. The highest BCUT2D eigenvalue weighted by Gasteiger charge is 2.37. The van der Waals surface area contributed by atoms with Crippen molar-refractivity contribution in [2.45, 2.75) is 13.3 Å². The smallest absolute Gasteiger partial charge is 0.230 e. The number of pyridine rings is 1. The second-order valence-corrected chi connectivity index (χ2v) is 6.33. The van der Waals surface area contributed by atoms with E-state index in [2.05, 4.69) is 20.5 Å². The van der Waals surface area contributed by atoms with Crippen molar-refractivity contribution in [3.8, 4) is 0 Å². The molecule has 0 aliphatic carbocycles. The zero-order valence-electron chi connectivity index (χ0n) is 14.0. The van der Waals surface area contributed by atoms with Gasteiger partial charge in [-0.15, -0.1) is 0 Å². The molecular formula is C18H16FN5O2. The third kappa shape index (κ3) is 2.79. The van der Waals surface area contributed by atoms with Crippen LogP contribution >= 0.6 is 0 Å². The molecule has 0 bridgehead atoms. The van der Waals surface area contributed by atoms with E-state index in [9.17, 15) is 14.0 Å². The molecule has 2 N–H and O–H groups in total. The van der Waals surface area contributed by atoms with Gasteiger partial charge in [0.2, 0.25) is 11.8 Å². The van der Waals surface area contributed by atoms with Crippen LogP contribution < -0.4 is 10.2 Å². The molecule has 132 valence electrons. The Balaban J connectivity index is 1.54. The second-order valence-electron chi connectivity index (χ2n) is 6.33. The van der Waals surface area contributed by atoms with Crippen LogP contribution in [-0.4, -0.2) is 33.5 Å². The van der Waals surface area contributed by atoms with Crippen molar-refractivity contribution < 1.29 is 14.0 Å². The first-order valence-corrected chi connectivity index (χ1v) is 8.19. The molecule has 3 heterocycles. The number of fused-ring (bicyclic) bond motifs is 1.